The maximum Gasteiger partial charge on any atom is 0.278 e. The number of carbonyl (C=O) groups is 2. The van der Waals surface area contributed by atoms with Gasteiger partial charge >= 0.3 is 0 Å². The SMILES string of the molecule is Cc1ccc(C=C2N=C(SCC(=O)Nc3ccc(Cl)cc3Cl)N(CC(C)C)C2=O)s1. The van der Waals surface area contributed by atoms with Crippen molar-refractivity contribution in [2.75, 3.05) is 17.6 Å². The van der Waals surface area contributed by atoms with Gasteiger partial charge in [0.05, 0.1) is 16.5 Å². The molecule has 2 amide bonds. The van der Waals surface area contributed by atoms with Crippen LogP contribution >= 0.6 is 46.3 Å². The molecule has 1 aromatic heterocycles. The Morgan fingerprint density at radius 1 is 1.30 bits per heavy atom. The molecule has 0 saturated heterocycles. The molecule has 0 bridgehead atoms. The molecule has 30 heavy (non-hydrogen) atoms. The third-order valence-electron chi connectivity index (χ3n) is 4.04. The molecule has 3 rings (SSSR count). The van der Waals surface area contributed by atoms with Crippen LogP contribution in [0, 0.1) is 12.8 Å². The van der Waals surface area contributed by atoms with Gasteiger partial charge in [-0.25, -0.2) is 4.99 Å². The van der Waals surface area contributed by atoms with Crippen LogP contribution in [0.3, 0.4) is 0 Å². The van der Waals surface area contributed by atoms with Crippen LogP contribution in [0.5, 0.6) is 0 Å². The first-order valence-corrected chi connectivity index (χ1v) is 11.8. The van der Waals surface area contributed by atoms with Gasteiger partial charge in [0.15, 0.2) is 5.17 Å². The number of anilines is 1. The van der Waals surface area contributed by atoms with Crippen molar-refractivity contribution in [3.8, 4) is 0 Å². The third kappa shape index (κ3) is 5.88. The van der Waals surface area contributed by atoms with Crippen LogP contribution in [0.25, 0.3) is 6.08 Å². The molecule has 1 aliphatic heterocycles. The van der Waals surface area contributed by atoms with Crippen LogP contribution in [0.1, 0.15) is 23.6 Å². The van der Waals surface area contributed by atoms with E-state index < -0.39 is 0 Å². The van der Waals surface area contributed by atoms with Gasteiger partial charge in [0.2, 0.25) is 5.91 Å². The smallest absolute Gasteiger partial charge is 0.278 e. The fourth-order valence-electron chi connectivity index (χ4n) is 2.74. The molecule has 1 aliphatic rings. The van der Waals surface area contributed by atoms with Gasteiger partial charge in [-0.3, -0.25) is 14.5 Å². The third-order valence-corrected chi connectivity index (χ3v) is 6.51. The van der Waals surface area contributed by atoms with Crippen molar-refractivity contribution in [2.45, 2.75) is 20.8 Å². The summed E-state index contributed by atoms with van der Waals surface area (Å²) < 4.78 is 0. The number of amidine groups is 1. The molecule has 0 spiro atoms. The maximum atomic E-state index is 12.9. The van der Waals surface area contributed by atoms with Gasteiger partial charge in [-0.1, -0.05) is 48.8 Å². The number of rotatable bonds is 6. The number of nitrogens with zero attached hydrogens (tertiary/aromatic N) is 2. The lowest BCUT2D eigenvalue weighted by Gasteiger charge is -2.19. The fraction of sp³-hybridized carbons (Fsp3) is 0.286. The monoisotopic (exact) mass is 481 g/mol. The van der Waals surface area contributed by atoms with Gasteiger partial charge in [0, 0.05) is 21.3 Å². The number of halogens is 2. The molecule has 0 fully saturated rings. The number of aliphatic imine (C=N–C) groups is 1. The minimum Gasteiger partial charge on any atom is -0.324 e. The molecule has 1 N–H and O–H groups in total. The number of hydrogen-bond acceptors (Lipinski definition) is 5. The average Bonchev–Trinajstić information content (AvgIpc) is 3.20. The Labute approximate surface area is 194 Å². The van der Waals surface area contributed by atoms with Crippen LogP contribution < -0.4 is 5.32 Å². The summed E-state index contributed by atoms with van der Waals surface area (Å²) in [4.78, 5) is 33.6. The van der Waals surface area contributed by atoms with Gasteiger partial charge in [0.1, 0.15) is 5.70 Å². The number of thiophene rings is 1. The van der Waals surface area contributed by atoms with E-state index in [1.807, 2.05) is 32.9 Å². The second-order valence-electron chi connectivity index (χ2n) is 7.14. The van der Waals surface area contributed by atoms with Gasteiger partial charge < -0.3 is 5.32 Å². The summed E-state index contributed by atoms with van der Waals surface area (Å²) >= 11 is 14.8. The second kappa shape index (κ2) is 10.0. The lowest BCUT2D eigenvalue weighted by Crippen LogP contribution is -2.34. The zero-order chi connectivity index (χ0) is 21.8. The zero-order valence-electron chi connectivity index (χ0n) is 16.7. The number of thioether (sulfide) groups is 1. The van der Waals surface area contributed by atoms with Crippen molar-refractivity contribution in [1.29, 1.82) is 0 Å². The minimum absolute atomic E-state index is 0.102. The Balaban J connectivity index is 1.72. The van der Waals surface area contributed by atoms with Crippen LogP contribution in [0.2, 0.25) is 10.0 Å². The largest absolute Gasteiger partial charge is 0.324 e. The Kier molecular flexibility index (Phi) is 7.63. The van der Waals surface area contributed by atoms with E-state index in [1.165, 1.54) is 16.6 Å². The van der Waals surface area contributed by atoms with Gasteiger partial charge in [-0.15, -0.1) is 11.3 Å². The normalized spacial score (nSPS) is 15.3. The molecule has 0 saturated carbocycles. The Morgan fingerprint density at radius 2 is 2.07 bits per heavy atom. The first kappa shape index (κ1) is 22.9. The Bertz CT molecular complexity index is 1030. The molecule has 2 aromatic rings. The summed E-state index contributed by atoms with van der Waals surface area (Å²) in [7, 11) is 0. The number of amides is 2. The first-order valence-electron chi connectivity index (χ1n) is 9.29. The van der Waals surface area contributed by atoms with E-state index in [1.54, 1.807) is 40.5 Å². The summed E-state index contributed by atoms with van der Waals surface area (Å²) in [6, 6.07) is 8.85. The number of hydrogen-bond donors (Lipinski definition) is 1. The number of nitrogens with one attached hydrogen (secondary N) is 1. The van der Waals surface area contributed by atoms with Crippen molar-refractivity contribution in [2.24, 2.45) is 10.9 Å². The standard InChI is InChI=1S/C21H21Cl2N3O2S2/c1-12(2)10-26-20(28)18(9-15-6-4-13(3)30-15)25-21(26)29-11-19(27)24-17-7-5-14(22)8-16(17)23/h4-9,12H,10-11H2,1-3H3,(H,24,27). The lowest BCUT2D eigenvalue weighted by molar-refractivity contribution is -0.122. The number of aryl methyl sites for hydroxylation is 1. The van der Waals surface area contributed by atoms with Crippen LogP contribution in [-0.4, -0.2) is 34.2 Å². The highest BCUT2D eigenvalue weighted by molar-refractivity contribution is 8.14. The highest BCUT2D eigenvalue weighted by Gasteiger charge is 2.31. The summed E-state index contributed by atoms with van der Waals surface area (Å²) in [6.07, 6.45) is 1.80. The quantitative estimate of drug-likeness (QED) is 0.519. The van der Waals surface area contributed by atoms with Crippen molar-refractivity contribution in [3.63, 3.8) is 0 Å². The van der Waals surface area contributed by atoms with E-state index in [0.29, 0.717) is 33.1 Å². The lowest BCUT2D eigenvalue weighted by atomic mass is 10.2. The molecular formula is C21H21Cl2N3O2S2. The second-order valence-corrected chi connectivity index (χ2v) is 10.2. The topological polar surface area (TPSA) is 61.8 Å². The van der Waals surface area contributed by atoms with Crippen molar-refractivity contribution >= 4 is 75.0 Å². The summed E-state index contributed by atoms with van der Waals surface area (Å²) in [5.74, 6) is -0.0104. The molecule has 5 nitrogen and oxygen atoms in total. The molecule has 0 aliphatic carbocycles. The van der Waals surface area contributed by atoms with Crippen LogP contribution in [0.15, 0.2) is 41.0 Å². The highest BCUT2D eigenvalue weighted by Crippen LogP contribution is 2.28. The van der Waals surface area contributed by atoms with Crippen LogP contribution in [0.4, 0.5) is 5.69 Å². The average molecular weight is 482 g/mol. The Morgan fingerprint density at radius 3 is 2.70 bits per heavy atom. The molecule has 0 atom stereocenters. The molecule has 2 heterocycles. The van der Waals surface area contributed by atoms with Gasteiger partial charge in [-0.2, -0.15) is 0 Å². The van der Waals surface area contributed by atoms with Gasteiger partial charge in [0.25, 0.3) is 5.91 Å². The number of benzene rings is 1. The van der Waals surface area contributed by atoms with E-state index in [9.17, 15) is 9.59 Å². The predicted octanol–water partition coefficient (Wildman–Crippen LogP) is 5.93. The van der Waals surface area contributed by atoms with Crippen LogP contribution in [-0.2, 0) is 9.59 Å². The van der Waals surface area contributed by atoms with E-state index in [0.717, 1.165) is 4.88 Å². The van der Waals surface area contributed by atoms with E-state index in [2.05, 4.69) is 10.3 Å². The molecule has 158 valence electrons. The summed E-state index contributed by atoms with van der Waals surface area (Å²) in [5.41, 5.74) is 0.880. The van der Waals surface area contributed by atoms with Crippen molar-refractivity contribution in [3.05, 3.63) is 55.8 Å². The fourth-order valence-corrected chi connectivity index (χ4v) is 4.82. The van der Waals surface area contributed by atoms with E-state index in [4.69, 9.17) is 23.2 Å². The highest BCUT2D eigenvalue weighted by atomic mass is 35.5. The summed E-state index contributed by atoms with van der Waals surface area (Å²) in [5, 5.41) is 4.16. The Hall–Kier alpha value is -1.80. The number of carbonyl (C=O) groups excluding carboxylic acids is 2. The molecule has 0 radical (unpaired) electrons. The predicted molar refractivity (Wildman–Crippen MR) is 129 cm³/mol. The molecule has 9 heteroatoms. The molecular weight excluding hydrogens is 461 g/mol. The maximum absolute atomic E-state index is 12.9. The van der Waals surface area contributed by atoms with E-state index in [-0.39, 0.29) is 23.5 Å². The molecule has 1 aromatic carbocycles. The summed E-state index contributed by atoms with van der Waals surface area (Å²) in [6.45, 7) is 6.63. The molecule has 0 unspecified atom stereocenters. The van der Waals surface area contributed by atoms with Crippen molar-refractivity contribution < 1.29 is 9.59 Å². The van der Waals surface area contributed by atoms with E-state index >= 15 is 0 Å². The zero-order valence-corrected chi connectivity index (χ0v) is 19.9. The first-order chi connectivity index (χ1) is 14.2. The minimum atomic E-state index is -0.241. The van der Waals surface area contributed by atoms with Crippen molar-refractivity contribution in [1.82, 2.24) is 4.90 Å². The van der Waals surface area contributed by atoms with Gasteiger partial charge in [-0.05, 0) is 49.2 Å².